The van der Waals surface area contributed by atoms with Gasteiger partial charge in [-0.05, 0) is 51.6 Å². The van der Waals surface area contributed by atoms with Crippen LogP contribution in [0.4, 0.5) is 0 Å². The molecule has 1 aliphatic carbocycles. The molecule has 0 aromatic heterocycles. The maximum atomic E-state index is 10.9. The molecule has 2 nitrogen and oxygen atoms in total. The van der Waals surface area contributed by atoms with Crippen LogP contribution in [0.25, 0.3) is 0 Å². The first-order valence-electron chi connectivity index (χ1n) is 8.54. The van der Waals surface area contributed by atoms with Gasteiger partial charge in [0.05, 0.1) is 5.60 Å². The van der Waals surface area contributed by atoms with Crippen LogP contribution in [0.5, 0.6) is 0 Å². The zero-order valence-electron chi connectivity index (χ0n) is 14.5. The Morgan fingerprint density at radius 3 is 2.32 bits per heavy atom. The molecule has 2 rings (SSSR count). The van der Waals surface area contributed by atoms with Crippen LogP contribution in [0.3, 0.4) is 0 Å². The van der Waals surface area contributed by atoms with Crippen molar-refractivity contribution in [2.45, 2.75) is 61.7 Å². The van der Waals surface area contributed by atoms with Crippen molar-refractivity contribution in [1.29, 1.82) is 0 Å². The number of rotatable bonds is 6. The summed E-state index contributed by atoms with van der Waals surface area (Å²) in [6.45, 7) is 4.93. The number of hydrogen-bond acceptors (Lipinski definition) is 3. The molecule has 124 valence electrons. The number of aliphatic hydroxyl groups is 1. The fraction of sp³-hybridized carbons (Fsp3) is 0.684. The van der Waals surface area contributed by atoms with Crippen molar-refractivity contribution >= 4 is 11.8 Å². The molecule has 1 aromatic carbocycles. The van der Waals surface area contributed by atoms with Gasteiger partial charge in [0.25, 0.3) is 0 Å². The van der Waals surface area contributed by atoms with Crippen molar-refractivity contribution in [3.63, 3.8) is 0 Å². The Morgan fingerprint density at radius 2 is 1.77 bits per heavy atom. The second kappa shape index (κ2) is 7.85. The molecule has 1 saturated carbocycles. The average molecular weight is 322 g/mol. The summed E-state index contributed by atoms with van der Waals surface area (Å²) in [7, 11) is 4.10. The Balaban J connectivity index is 2.00. The minimum absolute atomic E-state index is 0.194. The first kappa shape index (κ1) is 17.8. The Labute approximate surface area is 140 Å². The van der Waals surface area contributed by atoms with E-state index < -0.39 is 5.60 Å². The van der Waals surface area contributed by atoms with Gasteiger partial charge in [0.15, 0.2) is 0 Å². The molecule has 0 aliphatic heterocycles. The number of hydrogen-bond donors (Lipinski definition) is 1. The zero-order valence-corrected chi connectivity index (χ0v) is 15.3. The van der Waals surface area contributed by atoms with E-state index in [0.717, 1.165) is 17.4 Å². The minimum Gasteiger partial charge on any atom is -0.385 e. The van der Waals surface area contributed by atoms with E-state index in [4.69, 9.17) is 0 Å². The Bertz CT molecular complexity index is 449. The highest BCUT2D eigenvalue weighted by Gasteiger charge is 2.30. The van der Waals surface area contributed by atoms with Crippen LogP contribution in [-0.4, -0.2) is 35.9 Å². The summed E-state index contributed by atoms with van der Waals surface area (Å²) in [5.74, 6) is 0.194. The predicted molar refractivity (Wildman–Crippen MR) is 96.5 cm³/mol. The summed E-state index contributed by atoms with van der Waals surface area (Å²) >= 11 is 2.01. The maximum Gasteiger partial charge on any atom is 0.0906 e. The third kappa shape index (κ3) is 4.74. The lowest BCUT2D eigenvalue weighted by molar-refractivity contribution is -0.00781. The van der Waals surface area contributed by atoms with Gasteiger partial charge in [0, 0.05) is 22.6 Å². The lowest BCUT2D eigenvalue weighted by Crippen LogP contribution is -2.36. The average Bonchev–Trinajstić information content (AvgIpc) is 2.48. The molecule has 0 spiro atoms. The summed E-state index contributed by atoms with van der Waals surface area (Å²) in [5, 5.41) is 11.7. The monoisotopic (exact) mass is 321 g/mol. The van der Waals surface area contributed by atoms with Crippen molar-refractivity contribution in [2.75, 3.05) is 20.6 Å². The van der Waals surface area contributed by atoms with Gasteiger partial charge in [-0.15, -0.1) is 11.8 Å². The van der Waals surface area contributed by atoms with Crippen molar-refractivity contribution in [3.8, 4) is 0 Å². The van der Waals surface area contributed by atoms with Crippen molar-refractivity contribution in [3.05, 3.63) is 29.8 Å². The van der Waals surface area contributed by atoms with Crippen molar-refractivity contribution in [2.24, 2.45) is 5.92 Å². The number of thioether (sulfide) groups is 1. The molecule has 22 heavy (non-hydrogen) atoms. The molecule has 1 fully saturated rings. The topological polar surface area (TPSA) is 23.5 Å². The summed E-state index contributed by atoms with van der Waals surface area (Å²) in [6.07, 6.45) is 6.87. The highest BCUT2D eigenvalue weighted by atomic mass is 32.2. The highest BCUT2D eigenvalue weighted by molar-refractivity contribution is 8.00. The van der Waals surface area contributed by atoms with E-state index >= 15 is 0 Å². The van der Waals surface area contributed by atoms with E-state index in [1.807, 2.05) is 18.7 Å². The summed E-state index contributed by atoms with van der Waals surface area (Å²) < 4.78 is 0. The molecular weight excluding hydrogens is 290 g/mol. The summed E-state index contributed by atoms with van der Waals surface area (Å²) in [4.78, 5) is 3.47. The Kier molecular flexibility index (Phi) is 6.36. The van der Waals surface area contributed by atoms with Crippen LogP contribution in [-0.2, 0) is 5.60 Å². The van der Waals surface area contributed by atoms with Gasteiger partial charge in [-0.25, -0.2) is 0 Å². The second-order valence-electron chi connectivity index (χ2n) is 7.21. The van der Waals surface area contributed by atoms with Crippen molar-refractivity contribution < 1.29 is 5.11 Å². The fourth-order valence-electron chi connectivity index (χ4n) is 3.26. The van der Waals surface area contributed by atoms with E-state index in [-0.39, 0.29) is 5.92 Å². The third-order valence-electron chi connectivity index (χ3n) is 4.89. The number of benzene rings is 1. The van der Waals surface area contributed by atoms with Crippen LogP contribution < -0.4 is 0 Å². The normalized spacial score (nSPS) is 20.8. The quantitative estimate of drug-likeness (QED) is 0.833. The predicted octanol–water partition coefficient (Wildman–Crippen LogP) is 4.52. The van der Waals surface area contributed by atoms with Gasteiger partial charge in [-0.1, -0.05) is 38.3 Å². The third-order valence-corrected chi connectivity index (χ3v) is 6.24. The first-order chi connectivity index (χ1) is 10.4. The minimum atomic E-state index is -0.779. The Morgan fingerprint density at radius 1 is 1.18 bits per heavy atom. The van der Waals surface area contributed by atoms with Crippen LogP contribution in [0.15, 0.2) is 29.2 Å². The standard InChI is InChI=1S/C19H31NOS/c1-15(14-20(3)4)19(2,21)16-10-12-18(13-11-16)22-17-8-6-5-7-9-17/h10-13,15,17,21H,5-9,14H2,1-4H3. The second-order valence-corrected chi connectivity index (χ2v) is 8.59. The lowest BCUT2D eigenvalue weighted by Gasteiger charge is -2.33. The van der Waals surface area contributed by atoms with E-state index in [1.165, 1.54) is 37.0 Å². The van der Waals surface area contributed by atoms with Gasteiger partial charge >= 0.3 is 0 Å². The molecular formula is C19H31NOS. The summed E-state index contributed by atoms with van der Waals surface area (Å²) in [6, 6.07) is 8.59. The van der Waals surface area contributed by atoms with E-state index in [1.54, 1.807) is 0 Å². The SMILES string of the molecule is CC(CN(C)C)C(C)(O)c1ccc(SC2CCCCC2)cc1. The van der Waals surface area contributed by atoms with E-state index in [9.17, 15) is 5.11 Å². The van der Waals surface area contributed by atoms with Gasteiger partial charge in [0.2, 0.25) is 0 Å². The van der Waals surface area contributed by atoms with Gasteiger partial charge < -0.3 is 10.0 Å². The molecule has 1 N–H and O–H groups in total. The maximum absolute atomic E-state index is 10.9. The molecule has 0 radical (unpaired) electrons. The molecule has 0 heterocycles. The number of nitrogens with zero attached hydrogens (tertiary/aromatic N) is 1. The Hall–Kier alpha value is -0.510. The van der Waals surface area contributed by atoms with Crippen molar-refractivity contribution in [1.82, 2.24) is 4.90 Å². The molecule has 0 amide bonds. The first-order valence-corrected chi connectivity index (χ1v) is 9.42. The smallest absolute Gasteiger partial charge is 0.0906 e. The van der Waals surface area contributed by atoms with Crippen LogP contribution in [0, 0.1) is 5.92 Å². The zero-order chi connectivity index (χ0) is 16.2. The molecule has 1 aromatic rings. The lowest BCUT2D eigenvalue weighted by atomic mass is 9.84. The van der Waals surface area contributed by atoms with E-state index in [2.05, 4.69) is 50.2 Å². The molecule has 2 unspecified atom stereocenters. The molecule has 1 aliphatic rings. The van der Waals surface area contributed by atoms with Gasteiger partial charge in [-0.2, -0.15) is 0 Å². The van der Waals surface area contributed by atoms with Gasteiger partial charge in [0.1, 0.15) is 0 Å². The van der Waals surface area contributed by atoms with Crippen LogP contribution in [0.2, 0.25) is 0 Å². The molecule has 0 saturated heterocycles. The molecule has 0 bridgehead atoms. The molecule has 2 atom stereocenters. The fourth-order valence-corrected chi connectivity index (χ4v) is 4.50. The molecule has 3 heteroatoms. The van der Waals surface area contributed by atoms with Gasteiger partial charge in [-0.3, -0.25) is 0 Å². The van der Waals surface area contributed by atoms with Crippen LogP contribution >= 0.6 is 11.8 Å². The van der Waals surface area contributed by atoms with Crippen LogP contribution in [0.1, 0.15) is 51.5 Å². The summed E-state index contributed by atoms with van der Waals surface area (Å²) in [5.41, 5.74) is 0.244. The van der Waals surface area contributed by atoms with E-state index in [0.29, 0.717) is 0 Å². The highest BCUT2D eigenvalue weighted by Crippen LogP contribution is 2.35. The largest absolute Gasteiger partial charge is 0.385 e.